The van der Waals surface area contributed by atoms with Crippen molar-refractivity contribution in [2.24, 2.45) is 11.3 Å². The zero-order chi connectivity index (χ0) is 18.2. The van der Waals surface area contributed by atoms with Crippen molar-refractivity contribution < 1.29 is 14.3 Å². The van der Waals surface area contributed by atoms with Crippen LogP contribution in [0.2, 0.25) is 5.02 Å². The molecule has 1 aliphatic carbocycles. The van der Waals surface area contributed by atoms with E-state index in [4.69, 9.17) is 11.6 Å². The summed E-state index contributed by atoms with van der Waals surface area (Å²) >= 11 is 5.81. The molecule has 1 N–H and O–H groups in total. The van der Waals surface area contributed by atoms with Gasteiger partial charge in [-0.2, -0.15) is 0 Å². The first-order chi connectivity index (χ1) is 11.9. The lowest BCUT2D eigenvalue weighted by atomic mass is 9.74. The number of amides is 1. The van der Waals surface area contributed by atoms with Gasteiger partial charge >= 0.3 is 0 Å². The van der Waals surface area contributed by atoms with Gasteiger partial charge in [-0.1, -0.05) is 30.7 Å². The van der Waals surface area contributed by atoms with E-state index in [1.54, 1.807) is 12.1 Å². The fourth-order valence-electron chi connectivity index (χ4n) is 4.04. The molecule has 1 heterocycles. The number of halogens is 2. The average Bonchev–Trinajstić information content (AvgIpc) is 3.40. The van der Waals surface area contributed by atoms with E-state index in [0.717, 1.165) is 24.8 Å². The molecule has 0 radical (unpaired) electrons. The highest BCUT2D eigenvalue weighted by atomic mass is 35.5. The highest BCUT2D eigenvalue weighted by molar-refractivity contribution is 6.30. The molecule has 3 nitrogen and oxygen atoms in total. The molecule has 3 rings (SSSR count). The lowest BCUT2D eigenvalue weighted by Crippen LogP contribution is -2.54. The van der Waals surface area contributed by atoms with Crippen LogP contribution in [-0.4, -0.2) is 28.6 Å². The van der Waals surface area contributed by atoms with Crippen LogP contribution >= 0.6 is 11.6 Å². The first-order valence-corrected chi connectivity index (χ1v) is 9.28. The summed E-state index contributed by atoms with van der Waals surface area (Å²) in [5, 5.41) is 10.0. The Labute approximate surface area is 153 Å². The van der Waals surface area contributed by atoms with Crippen molar-refractivity contribution in [3.63, 3.8) is 0 Å². The second-order valence-electron chi connectivity index (χ2n) is 7.58. The zero-order valence-corrected chi connectivity index (χ0v) is 15.3. The Morgan fingerprint density at radius 1 is 1.48 bits per heavy atom. The monoisotopic (exact) mass is 365 g/mol. The molecule has 25 heavy (non-hydrogen) atoms. The molecular weight excluding hydrogens is 341 g/mol. The quantitative estimate of drug-likeness (QED) is 0.754. The van der Waals surface area contributed by atoms with Crippen molar-refractivity contribution in [2.45, 2.75) is 51.1 Å². The maximum Gasteiger partial charge on any atom is 0.229 e. The molecule has 0 spiro atoms. The molecule has 136 valence electrons. The Balaban J connectivity index is 1.99. The van der Waals surface area contributed by atoms with E-state index in [2.05, 4.69) is 6.58 Å². The van der Waals surface area contributed by atoms with Gasteiger partial charge < -0.3 is 10.0 Å². The minimum absolute atomic E-state index is 0.0324. The Kier molecular flexibility index (Phi) is 5.21. The maximum atomic E-state index is 14.0. The minimum Gasteiger partial charge on any atom is -0.394 e. The Morgan fingerprint density at radius 3 is 2.76 bits per heavy atom. The lowest BCUT2D eigenvalue weighted by molar-refractivity contribution is -0.155. The molecule has 0 aromatic heterocycles. The van der Waals surface area contributed by atoms with Crippen LogP contribution < -0.4 is 0 Å². The van der Waals surface area contributed by atoms with Crippen molar-refractivity contribution >= 4 is 17.5 Å². The molecule has 5 heteroatoms. The number of aliphatic hydroxyl groups excluding tert-OH is 1. The van der Waals surface area contributed by atoms with Crippen LogP contribution in [0.15, 0.2) is 30.9 Å². The van der Waals surface area contributed by atoms with E-state index < -0.39 is 11.2 Å². The summed E-state index contributed by atoms with van der Waals surface area (Å²) in [6.45, 7) is 5.69. The summed E-state index contributed by atoms with van der Waals surface area (Å²) in [6, 6.07) is 4.31. The molecule has 1 aromatic carbocycles. The first-order valence-electron chi connectivity index (χ1n) is 8.90. The number of aliphatic hydroxyl groups is 1. The van der Waals surface area contributed by atoms with Gasteiger partial charge in [0.15, 0.2) is 0 Å². The van der Waals surface area contributed by atoms with Crippen molar-refractivity contribution in [1.82, 2.24) is 4.90 Å². The Morgan fingerprint density at radius 2 is 2.20 bits per heavy atom. The van der Waals surface area contributed by atoms with Crippen LogP contribution in [0, 0.1) is 17.2 Å². The second-order valence-corrected chi connectivity index (χ2v) is 7.99. The van der Waals surface area contributed by atoms with Crippen LogP contribution in [0.1, 0.15) is 50.6 Å². The highest BCUT2D eigenvalue weighted by Gasteiger charge is 2.49. The number of allylic oxidation sites excluding steroid dienone is 1. The predicted octanol–water partition coefficient (Wildman–Crippen LogP) is 4.50. The number of nitrogens with zero attached hydrogens (tertiary/aromatic N) is 1. The summed E-state index contributed by atoms with van der Waals surface area (Å²) in [7, 11) is 0. The molecule has 1 saturated carbocycles. The van der Waals surface area contributed by atoms with Gasteiger partial charge in [-0.15, -0.1) is 6.58 Å². The van der Waals surface area contributed by atoms with Crippen LogP contribution in [-0.2, 0) is 4.79 Å². The molecule has 1 aliphatic heterocycles. The predicted molar refractivity (Wildman–Crippen MR) is 96.7 cm³/mol. The van der Waals surface area contributed by atoms with Crippen molar-refractivity contribution in [3.05, 3.63) is 47.3 Å². The summed E-state index contributed by atoms with van der Waals surface area (Å²) in [6.07, 6.45) is 5.88. The van der Waals surface area contributed by atoms with E-state index in [-0.39, 0.29) is 29.6 Å². The van der Waals surface area contributed by atoms with Crippen molar-refractivity contribution in [3.8, 4) is 0 Å². The van der Waals surface area contributed by atoms with E-state index >= 15 is 0 Å². The number of benzene rings is 1. The van der Waals surface area contributed by atoms with Crippen LogP contribution in [0.5, 0.6) is 0 Å². The first kappa shape index (κ1) is 18.4. The van der Waals surface area contributed by atoms with Gasteiger partial charge in [0.2, 0.25) is 5.91 Å². The van der Waals surface area contributed by atoms with E-state index in [1.807, 2.05) is 11.8 Å². The Hall–Kier alpha value is -1.39. The van der Waals surface area contributed by atoms with E-state index in [0.29, 0.717) is 18.8 Å². The third-order valence-electron chi connectivity index (χ3n) is 5.69. The number of carbonyl (C=O) groups is 1. The lowest BCUT2D eigenvalue weighted by Gasteiger charge is -2.48. The molecule has 1 aromatic rings. The van der Waals surface area contributed by atoms with Crippen LogP contribution in [0.4, 0.5) is 4.39 Å². The average molecular weight is 366 g/mol. The molecular formula is C20H25ClFNO2. The van der Waals surface area contributed by atoms with Crippen molar-refractivity contribution in [2.75, 3.05) is 6.61 Å². The highest BCUT2D eigenvalue weighted by Crippen LogP contribution is 2.47. The summed E-state index contributed by atoms with van der Waals surface area (Å²) in [5.41, 5.74) is 0.237. The Bertz CT molecular complexity index is 676. The SMILES string of the molecule is C=CC[C@@]1(C)CCC(c2ccc(Cl)c(F)c2)N(C(CO)C2CC2)C1=O. The van der Waals surface area contributed by atoms with E-state index in [9.17, 15) is 14.3 Å². The number of piperidine rings is 1. The topological polar surface area (TPSA) is 40.5 Å². The molecule has 1 saturated heterocycles. The van der Waals surface area contributed by atoms with Gasteiger partial charge in [-0.05, 0) is 55.7 Å². The summed E-state index contributed by atoms with van der Waals surface area (Å²) < 4.78 is 14.0. The van der Waals surface area contributed by atoms with E-state index in [1.165, 1.54) is 12.1 Å². The largest absolute Gasteiger partial charge is 0.394 e. The number of likely N-dealkylation sites (tertiary alicyclic amines) is 1. The third-order valence-corrected chi connectivity index (χ3v) is 6.00. The third kappa shape index (κ3) is 3.47. The molecule has 2 unspecified atom stereocenters. The number of hydrogen-bond donors (Lipinski definition) is 1. The fraction of sp³-hybridized carbons (Fsp3) is 0.550. The standard InChI is InChI=1S/C20H25ClFNO2/c1-3-9-20(2)10-8-17(14-6-7-15(21)16(22)11-14)23(19(20)25)18(12-24)13-4-5-13/h3,6-7,11,13,17-18,24H,1,4-5,8-10,12H2,2H3/t17?,18?,20-/m0/s1. The van der Waals surface area contributed by atoms with Crippen molar-refractivity contribution in [1.29, 1.82) is 0 Å². The number of rotatable bonds is 6. The smallest absolute Gasteiger partial charge is 0.229 e. The maximum absolute atomic E-state index is 14.0. The van der Waals surface area contributed by atoms with Gasteiger partial charge in [0.05, 0.1) is 29.1 Å². The number of carbonyl (C=O) groups excluding carboxylic acids is 1. The second kappa shape index (κ2) is 7.08. The van der Waals surface area contributed by atoms with Gasteiger partial charge in [-0.3, -0.25) is 4.79 Å². The summed E-state index contributed by atoms with van der Waals surface area (Å²) in [4.78, 5) is 15.2. The van der Waals surface area contributed by atoms with Gasteiger partial charge in [0.25, 0.3) is 0 Å². The number of hydrogen-bond acceptors (Lipinski definition) is 2. The normalized spacial score (nSPS) is 28.1. The minimum atomic E-state index is -0.508. The molecule has 1 amide bonds. The van der Waals surface area contributed by atoms with Gasteiger partial charge in [0, 0.05) is 0 Å². The molecule has 0 bridgehead atoms. The van der Waals surface area contributed by atoms with Crippen LogP contribution in [0.25, 0.3) is 0 Å². The fourth-order valence-corrected chi connectivity index (χ4v) is 4.15. The molecule has 2 fully saturated rings. The van der Waals surface area contributed by atoms with Gasteiger partial charge in [-0.25, -0.2) is 4.39 Å². The van der Waals surface area contributed by atoms with Crippen LogP contribution in [0.3, 0.4) is 0 Å². The molecule has 2 aliphatic rings. The van der Waals surface area contributed by atoms with Gasteiger partial charge in [0.1, 0.15) is 5.82 Å². The molecule has 3 atom stereocenters. The summed E-state index contributed by atoms with van der Waals surface area (Å²) in [5.74, 6) is -0.109. The zero-order valence-electron chi connectivity index (χ0n) is 14.5.